The number of rotatable bonds is 7. The largest absolute Gasteiger partial charge is 0.507 e. The van der Waals surface area contributed by atoms with Crippen molar-refractivity contribution in [3.05, 3.63) is 52.7 Å². The fourth-order valence-electron chi connectivity index (χ4n) is 4.90. The van der Waals surface area contributed by atoms with Crippen LogP contribution in [-0.4, -0.2) is 110 Å². The minimum absolute atomic E-state index is 0.117. The Kier molecular flexibility index (Phi) is 8.60. The van der Waals surface area contributed by atoms with Crippen molar-refractivity contribution < 1.29 is 68.6 Å². The van der Waals surface area contributed by atoms with Crippen LogP contribution in [0.25, 0.3) is 22.3 Å². The second-order valence-corrected chi connectivity index (χ2v) is 10.2. The second kappa shape index (κ2) is 12.1. The lowest BCUT2D eigenvalue weighted by molar-refractivity contribution is -0.351. The number of phenols is 1. The Labute approximate surface area is 242 Å². The molecule has 10 atom stereocenters. The average molecular weight is 607 g/mol. The van der Waals surface area contributed by atoms with Crippen molar-refractivity contribution in [1.29, 1.82) is 0 Å². The van der Waals surface area contributed by atoms with E-state index in [9.17, 15) is 45.3 Å². The zero-order valence-corrected chi connectivity index (χ0v) is 22.7. The van der Waals surface area contributed by atoms with E-state index in [0.29, 0.717) is 11.3 Å². The molecular weight excluding hydrogens is 576 g/mol. The summed E-state index contributed by atoms with van der Waals surface area (Å²) in [6.07, 6.45) is -17.2. The van der Waals surface area contributed by atoms with Crippen molar-refractivity contribution in [1.82, 2.24) is 0 Å². The highest BCUT2D eigenvalue weighted by molar-refractivity contribution is 5.86. The van der Waals surface area contributed by atoms with Crippen LogP contribution in [0.2, 0.25) is 0 Å². The SMILES string of the molecule is COc1ccc(-c2cc(=O)c3c(O)cc(O[C@@H]4O[C@H](C(=O)O)[C@H](O)[C@H](O)[C@H]4O[C@@H]4O[C@@H](C)[C@H](O)[C@@H](O)[C@H]4O)cc3o2)cc1. The van der Waals surface area contributed by atoms with Crippen molar-refractivity contribution in [2.45, 2.75) is 68.3 Å². The van der Waals surface area contributed by atoms with Crippen molar-refractivity contribution in [2.24, 2.45) is 0 Å². The summed E-state index contributed by atoms with van der Waals surface area (Å²) < 4.78 is 33.2. The molecule has 0 amide bonds. The number of hydrogen-bond acceptors (Lipinski definition) is 14. The molecule has 2 aliphatic rings. The second-order valence-electron chi connectivity index (χ2n) is 10.2. The normalized spacial score (nSPS) is 32.8. The molecule has 0 aliphatic carbocycles. The van der Waals surface area contributed by atoms with E-state index < -0.39 is 78.6 Å². The Morgan fingerprint density at radius 1 is 0.837 bits per heavy atom. The summed E-state index contributed by atoms with van der Waals surface area (Å²) in [5, 5.41) is 71.7. The zero-order chi connectivity index (χ0) is 31.2. The molecule has 0 unspecified atom stereocenters. The molecule has 0 saturated carbocycles. The molecule has 3 aromatic rings. The third-order valence-corrected chi connectivity index (χ3v) is 7.30. The summed E-state index contributed by atoms with van der Waals surface area (Å²) in [5.74, 6) is -1.70. The fraction of sp³-hybridized carbons (Fsp3) is 0.429. The minimum Gasteiger partial charge on any atom is -0.507 e. The number of phenolic OH excluding ortho intramolecular Hbond substituents is 1. The van der Waals surface area contributed by atoms with Crippen LogP contribution in [0, 0.1) is 0 Å². The molecule has 0 bridgehead atoms. The van der Waals surface area contributed by atoms with Gasteiger partial charge in [0.1, 0.15) is 64.5 Å². The van der Waals surface area contributed by atoms with Crippen LogP contribution in [0.4, 0.5) is 0 Å². The monoisotopic (exact) mass is 606 g/mol. The van der Waals surface area contributed by atoms with E-state index >= 15 is 0 Å². The van der Waals surface area contributed by atoms with Gasteiger partial charge in [0.25, 0.3) is 0 Å². The number of benzene rings is 2. The first-order valence-corrected chi connectivity index (χ1v) is 13.1. The van der Waals surface area contributed by atoms with Gasteiger partial charge in [-0.05, 0) is 31.2 Å². The van der Waals surface area contributed by atoms with E-state index in [4.69, 9.17) is 28.1 Å². The minimum atomic E-state index is -2.02. The number of ether oxygens (including phenoxy) is 5. The third kappa shape index (κ3) is 5.89. The summed E-state index contributed by atoms with van der Waals surface area (Å²) in [6.45, 7) is 1.39. The van der Waals surface area contributed by atoms with Crippen molar-refractivity contribution in [3.8, 4) is 28.6 Å². The molecule has 7 N–H and O–H groups in total. The molecule has 2 aromatic carbocycles. The number of hydrogen-bond donors (Lipinski definition) is 7. The summed E-state index contributed by atoms with van der Waals surface area (Å²) in [7, 11) is 1.50. The highest BCUT2D eigenvalue weighted by atomic mass is 16.8. The van der Waals surface area contributed by atoms with Gasteiger partial charge in [0, 0.05) is 23.8 Å². The standard InChI is InChI=1S/C28H30O15/c1-10-19(31)20(32)23(35)27(39-10)43-25-22(34)21(33)24(26(36)37)42-28(25)40-13-7-14(29)18-15(30)9-16(41-17(18)8-13)11-3-5-12(38-2)6-4-11/h3-10,19-25,27-29,31-35H,1-2H3,(H,36,37)/t10-,19-,20+,21+,22-,23+,24-,25+,27-,28+/m0/s1. The summed E-state index contributed by atoms with van der Waals surface area (Å²) in [6, 6.07) is 10.0. The first-order valence-electron chi connectivity index (χ1n) is 13.1. The van der Waals surface area contributed by atoms with E-state index in [1.807, 2.05) is 0 Å². The van der Waals surface area contributed by atoms with Gasteiger partial charge in [-0.25, -0.2) is 4.79 Å². The predicted octanol–water partition coefficient (Wildman–Crippen LogP) is -0.703. The topological polar surface area (TPSA) is 235 Å². The Bertz CT molecular complexity index is 1520. The van der Waals surface area contributed by atoms with Gasteiger partial charge in [-0.2, -0.15) is 0 Å². The van der Waals surface area contributed by atoms with Gasteiger partial charge in [0.15, 0.2) is 23.9 Å². The number of fused-ring (bicyclic) bond motifs is 1. The lowest BCUT2D eigenvalue weighted by Crippen LogP contribution is -2.65. The molecule has 2 aliphatic heterocycles. The number of methoxy groups -OCH3 is 1. The number of aliphatic carboxylic acids is 1. The van der Waals surface area contributed by atoms with Gasteiger partial charge in [0.2, 0.25) is 6.29 Å². The van der Waals surface area contributed by atoms with Crippen LogP contribution in [0.15, 0.2) is 51.7 Å². The van der Waals surface area contributed by atoms with Gasteiger partial charge >= 0.3 is 5.97 Å². The van der Waals surface area contributed by atoms with E-state index in [-0.39, 0.29) is 22.5 Å². The van der Waals surface area contributed by atoms with Gasteiger partial charge in [-0.15, -0.1) is 0 Å². The highest BCUT2D eigenvalue weighted by Gasteiger charge is 2.52. The van der Waals surface area contributed by atoms with E-state index in [0.717, 1.165) is 6.07 Å². The summed E-state index contributed by atoms with van der Waals surface area (Å²) in [5.41, 5.74) is -0.174. The molecular formula is C28H30O15. The maximum absolute atomic E-state index is 12.9. The number of aromatic hydroxyl groups is 1. The van der Waals surface area contributed by atoms with Crippen LogP contribution in [0.3, 0.4) is 0 Å². The lowest BCUT2D eigenvalue weighted by Gasteiger charge is -2.45. The van der Waals surface area contributed by atoms with E-state index in [2.05, 4.69) is 0 Å². The van der Waals surface area contributed by atoms with Crippen LogP contribution >= 0.6 is 0 Å². The van der Waals surface area contributed by atoms with Gasteiger partial charge in [-0.3, -0.25) is 4.79 Å². The number of aliphatic hydroxyl groups excluding tert-OH is 5. The van der Waals surface area contributed by atoms with Crippen molar-refractivity contribution >= 4 is 16.9 Å². The smallest absolute Gasteiger partial charge is 0.335 e. The predicted molar refractivity (Wildman–Crippen MR) is 142 cm³/mol. The molecule has 0 radical (unpaired) electrons. The molecule has 2 fully saturated rings. The molecule has 232 valence electrons. The first kappa shape index (κ1) is 30.7. The van der Waals surface area contributed by atoms with E-state index in [1.54, 1.807) is 24.3 Å². The molecule has 43 heavy (non-hydrogen) atoms. The van der Waals surface area contributed by atoms with Crippen LogP contribution in [0.1, 0.15) is 6.92 Å². The molecule has 3 heterocycles. The maximum atomic E-state index is 12.9. The Morgan fingerprint density at radius 2 is 1.53 bits per heavy atom. The number of aliphatic hydroxyl groups is 5. The van der Waals surface area contributed by atoms with Crippen molar-refractivity contribution in [2.75, 3.05) is 7.11 Å². The van der Waals surface area contributed by atoms with Crippen molar-refractivity contribution in [3.63, 3.8) is 0 Å². The molecule has 15 nitrogen and oxygen atoms in total. The first-order chi connectivity index (χ1) is 20.4. The maximum Gasteiger partial charge on any atom is 0.335 e. The summed E-state index contributed by atoms with van der Waals surface area (Å²) >= 11 is 0. The molecule has 2 saturated heterocycles. The lowest BCUT2D eigenvalue weighted by atomic mass is 9.97. The summed E-state index contributed by atoms with van der Waals surface area (Å²) in [4.78, 5) is 24.6. The van der Waals surface area contributed by atoms with Crippen LogP contribution in [0.5, 0.6) is 17.2 Å². The van der Waals surface area contributed by atoms with Gasteiger partial charge in [-0.1, -0.05) is 0 Å². The molecule has 5 rings (SSSR count). The third-order valence-electron chi connectivity index (χ3n) is 7.30. The van der Waals surface area contributed by atoms with E-state index in [1.165, 1.54) is 26.2 Å². The quantitative estimate of drug-likeness (QED) is 0.176. The Hall–Kier alpha value is -3.80. The molecule has 1 aromatic heterocycles. The van der Waals surface area contributed by atoms with Crippen LogP contribution < -0.4 is 14.9 Å². The number of carboxylic acids is 1. The number of carbonyl (C=O) groups is 1. The van der Waals surface area contributed by atoms with Gasteiger partial charge < -0.3 is 63.8 Å². The number of carboxylic acid groups (broad SMARTS) is 1. The van der Waals surface area contributed by atoms with Crippen LogP contribution in [-0.2, 0) is 19.0 Å². The molecule has 0 spiro atoms. The van der Waals surface area contributed by atoms with Gasteiger partial charge in [0.05, 0.1) is 13.2 Å². The Morgan fingerprint density at radius 3 is 2.19 bits per heavy atom. The fourth-order valence-corrected chi connectivity index (χ4v) is 4.90. The Balaban J connectivity index is 1.49. The zero-order valence-electron chi connectivity index (χ0n) is 22.7. The molecule has 15 heteroatoms. The average Bonchev–Trinajstić information content (AvgIpc) is 2.97. The highest BCUT2D eigenvalue weighted by Crippen LogP contribution is 2.35.